The van der Waals surface area contributed by atoms with Crippen LogP contribution >= 0.6 is 15.9 Å². The number of aromatic nitrogens is 1. The molecule has 26 heavy (non-hydrogen) atoms. The summed E-state index contributed by atoms with van der Waals surface area (Å²) < 4.78 is 6.50. The number of carboxylic acid groups (broad SMARTS) is 2. The number of H-pyrrole nitrogens is 1. The van der Waals surface area contributed by atoms with Gasteiger partial charge in [0.15, 0.2) is 0 Å². The van der Waals surface area contributed by atoms with Crippen molar-refractivity contribution >= 4 is 38.8 Å². The average Bonchev–Trinajstić information content (AvgIpc) is 2.93. The summed E-state index contributed by atoms with van der Waals surface area (Å²) in [5.41, 5.74) is 2.62. The summed E-state index contributed by atoms with van der Waals surface area (Å²) in [5, 5.41) is 19.2. The van der Waals surface area contributed by atoms with Crippen LogP contribution in [0, 0.1) is 0 Å². The van der Waals surface area contributed by atoms with Gasteiger partial charge in [-0.05, 0) is 48.9 Å². The number of hydrogen-bond donors (Lipinski definition) is 3. The topological polar surface area (TPSA) is 99.6 Å². The number of rotatable bonds is 6. The average molecular weight is 418 g/mol. The molecule has 0 saturated carbocycles. The van der Waals surface area contributed by atoms with Crippen LogP contribution in [0.25, 0.3) is 22.2 Å². The third kappa shape index (κ3) is 3.43. The lowest BCUT2D eigenvalue weighted by Crippen LogP contribution is -2.02. The van der Waals surface area contributed by atoms with E-state index < -0.39 is 11.9 Å². The maximum Gasteiger partial charge on any atom is 0.335 e. The van der Waals surface area contributed by atoms with Crippen molar-refractivity contribution < 1.29 is 24.5 Å². The molecular formula is C19H16BrNO5. The summed E-state index contributed by atoms with van der Waals surface area (Å²) in [4.78, 5) is 25.9. The van der Waals surface area contributed by atoms with Crippen molar-refractivity contribution in [3.05, 3.63) is 52.0 Å². The molecule has 0 unspecified atom stereocenters. The van der Waals surface area contributed by atoms with Gasteiger partial charge in [0.25, 0.3) is 0 Å². The molecule has 0 spiro atoms. The highest BCUT2D eigenvalue weighted by atomic mass is 79.9. The lowest BCUT2D eigenvalue weighted by Gasteiger charge is -2.11. The van der Waals surface area contributed by atoms with E-state index in [0.717, 1.165) is 4.47 Å². The molecule has 3 N–H and O–H groups in total. The van der Waals surface area contributed by atoms with Gasteiger partial charge in [0, 0.05) is 20.9 Å². The van der Waals surface area contributed by atoms with Crippen molar-refractivity contribution in [3.63, 3.8) is 0 Å². The summed E-state index contributed by atoms with van der Waals surface area (Å²) in [5.74, 6) is -1.44. The van der Waals surface area contributed by atoms with Crippen LogP contribution in [-0.2, 0) is 11.2 Å². The lowest BCUT2D eigenvalue weighted by atomic mass is 10.0. The van der Waals surface area contributed by atoms with Crippen LogP contribution < -0.4 is 4.74 Å². The van der Waals surface area contributed by atoms with Gasteiger partial charge in [-0.2, -0.15) is 0 Å². The summed E-state index contributed by atoms with van der Waals surface area (Å²) in [6.07, 6.45) is -0.240. The van der Waals surface area contributed by atoms with Crippen molar-refractivity contribution in [2.45, 2.75) is 13.3 Å². The van der Waals surface area contributed by atoms with Gasteiger partial charge in [0.05, 0.1) is 24.3 Å². The van der Waals surface area contributed by atoms with E-state index >= 15 is 0 Å². The largest absolute Gasteiger partial charge is 0.493 e. The van der Waals surface area contributed by atoms with Gasteiger partial charge in [-0.25, -0.2) is 4.79 Å². The molecule has 134 valence electrons. The molecule has 0 amide bonds. The molecular weight excluding hydrogens is 402 g/mol. The Morgan fingerprint density at radius 2 is 1.92 bits per heavy atom. The number of aromatic amines is 1. The number of benzene rings is 2. The fourth-order valence-corrected chi connectivity index (χ4v) is 3.29. The molecule has 3 rings (SSSR count). The molecule has 2 aromatic carbocycles. The summed E-state index contributed by atoms with van der Waals surface area (Å²) >= 11 is 3.43. The van der Waals surface area contributed by atoms with Crippen molar-refractivity contribution in [1.29, 1.82) is 0 Å². The van der Waals surface area contributed by atoms with Gasteiger partial charge in [0.2, 0.25) is 0 Å². The summed E-state index contributed by atoms with van der Waals surface area (Å²) in [7, 11) is 0. The van der Waals surface area contributed by atoms with Crippen LogP contribution in [0.1, 0.15) is 22.8 Å². The molecule has 1 heterocycles. The van der Waals surface area contributed by atoms with Crippen molar-refractivity contribution in [1.82, 2.24) is 4.98 Å². The highest BCUT2D eigenvalue weighted by Gasteiger charge is 2.20. The third-order valence-corrected chi connectivity index (χ3v) is 4.49. The molecule has 0 saturated heterocycles. The number of carboxylic acids is 2. The second kappa shape index (κ2) is 7.21. The highest BCUT2D eigenvalue weighted by Crippen LogP contribution is 2.38. The first-order valence-electron chi connectivity index (χ1n) is 7.93. The Hall–Kier alpha value is -2.80. The van der Waals surface area contributed by atoms with Gasteiger partial charge < -0.3 is 19.9 Å². The molecule has 7 heteroatoms. The van der Waals surface area contributed by atoms with E-state index in [1.54, 1.807) is 6.07 Å². The molecule has 0 aliphatic heterocycles. The van der Waals surface area contributed by atoms with Gasteiger partial charge in [-0.15, -0.1) is 0 Å². The minimum Gasteiger partial charge on any atom is -0.493 e. The maximum absolute atomic E-state index is 11.4. The zero-order chi connectivity index (χ0) is 18.8. The van der Waals surface area contributed by atoms with Crippen LogP contribution in [-0.4, -0.2) is 33.7 Å². The predicted octanol–water partition coefficient (Wildman–Crippen LogP) is 4.32. The number of carbonyl (C=O) groups is 2. The second-order valence-corrected chi connectivity index (χ2v) is 6.60. The SMILES string of the molecule is CCOc1ccc(Br)cc1-c1[nH]c2ccc(C(=O)O)cc2c1CC(=O)O. The standard InChI is InChI=1S/C19H16BrNO5/c1-2-26-16-6-4-11(20)8-14(16)18-13(9-17(22)23)12-7-10(19(24)25)3-5-15(12)21-18/h3-8,21H,2,9H2,1H3,(H,22,23)(H,24,25). The van der Waals surface area contributed by atoms with Gasteiger partial charge >= 0.3 is 11.9 Å². The van der Waals surface area contributed by atoms with E-state index in [-0.39, 0.29) is 12.0 Å². The van der Waals surface area contributed by atoms with Crippen LogP contribution in [0.5, 0.6) is 5.75 Å². The molecule has 0 aliphatic carbocycles. The Morgan fingerprint density at radius 1 is 1.15 bits per heavy atom. The Bertz CT molecular complexity index is 1010. The Kier molecular flexibility index (Phi) is 4.99. The van der Waals surface area contributed by atoms with Crippen molar-refractivity contribution in [2.75, 3.05) is 6.61 Å². The second-order valence-electron chi connectivity index (χ2n) is 5.69. The van der Waals surface area contributed by atoms with Gasteiger partial charge in [-0.3, -0.25) is 4.79 Å². The smallest absolute Gasteiger partial charge is 0.335 e. The first kappa shape index (κ1) is 18.0. The maximum atomic E-state index is 11.4. The first-order chi connectivity index (χ1) is 12.4. The van der Waals surface area contributed by atoms with E-state index in [4.69, 9.17) is 4.74 Å². The van der Waals surface area contributed by atoms with E-state index in [1.807, 2.05) is 25.1 Å². The molecule has 0 aliphatic rings. The number of aromatic carboxylic acids is 1. The summed E-state index contributed by atoms with van der Waals surface area (Å²) in [6.45, 7) is 2.33. The predicted molar refractivity (Wildman–Crippen MR) is 101 cm³/mol. The number of aliphatic carboxylic acids is 1. The Labute approximate surface area is 157 Å². The van der Waals surface area contributed by atoms with E-state index in [2.05, 4.69) is 20.9 Å². The number of fused-ring (bicyclic) bond motifs is 1. The van der Waals surface area contributed by atoms with Crippen LogP contribution in [0.2, 0.25) is 0 Å². The normalized spacial score (nSPS) is 10.8. The van der Waals surface area contributed by atoms with E-state index in [9.17, 15) is 19.8 Å². The molecule has 6 nitrogen and oxygen atoms in total. The highest BCUT2D eigenvalue weighted by molar-refractivity contribution is 9.10. The van der Waals surface area contributed by atoms with Crippen LogP contribution in [0.15, 0.2) is 40.9 Å². The minimum atomic E-state index is -1.06. The monoisotopic (exact) mass is 417 g/mol. The molecule has 3 aromatic rings. The van der Waals surface area contributed by atoms with Crippen molar-refractivity contribution in [2.24, 2.45) is 0 Å². The number of nitrogens with one attached hydrogen (secondary N) is 1. The zero-order valence-corrected chi connectivity index (χ0v) is 15.5. The third-order valence-electron chi connectivity index (χ3n) is 3.99. The fourth-order valence-electron chi connectivity index (χ4n) is 2.92. The lowest BCUT2D eigenvalue weighted by molar-refractivity contribution is -0.136. The quantitative estimate of drug-likeness (QED) is 0.554. The number of ether oxygens (including phenoxy) is 1. The number of halogens is 1. The molecule has 0 fully saturated rings. The fraction of sp³-hybridized carbons (Fsp3) is 0.158. The summed E-state index contributed by atoms with van der Waals surface area (Å²) in [6, 6.07) is 10.1. The van der Waals surface area contributed by atoms with Gasteiger partial charge in [0.1, 0.15) is 5.75 Å². The van der Waals surface area contributed by atoms with Crippen LogP contribution in [0.4, 0.5) is 0 Å². The van der Waals surface area contributed by atoms with Crippen LogP contribution in [0.3, 0.4) is 0 Å². The first-order valence-corrected chi connectivity index (χ1v) is 8.72. The Balaban J connectivity index is 2.30. The number of hydrogen-bond acceptors (Lipinski definition) is 3. The van der Waals surface area contributed by atoms with Crippen molar-refractivity contribution in [3.8, 4) is 17.0 Å². The van der Waals surface area contributed by atoms with E-state index in [1.165, 1.54) is 12.1 Å². The van der Waals surface area contributed by atoms with Gasteiger partial charge in [-0.1, -0.05) is 15.9 Å². The molecule has 0 bridgehead atoms. The zero-order valence-electron chi connectivity index (χ0n) is 13.9. The van der Waals surface area contributed by atoms with E-state index in [0.29, 0.717) is 40.1 Å². The molecule has 0 radical (unpaired) electrons. The molecule has 0 atom stereocenters. The minimum absolute atomic E-state index is 0.106. The molecule has 1 aromatic heterocycles. The Morgan fingerprint density at radius 3 is 2.58 bits per heavy atom.